The van der Waals surface area contributed by atoms with Gasteiger partial charge in [-0.15, -0.1) is 0 Å². The summed E-state index contributed by atoms with van der Waals surface area (Å²) in [6.45, 7) is 0. The Labute approximate surface area is 78.1 Å². The Hall–Kier alpha value is -0.933. The van der Waals surface area contributed by atoms with E-state index in [4.69, 9.17) is 14.8 Å². The lowest BCUT2D eigenvalue weighted by Crippen LogP contribution is -2.31. The SMILES string of the molecule is O=C(O)CC(C(=O)O)S(=O)(=O)O.[Si]. The molecule has 13 heavy (non-hydrogen) atoms. The van der Waals surface area contributed by atoms with Crippen LogP contribution in [0.4, 0.5) is 0 Å². The van der Waals surface area contributed by atoms with E-state index in [0.29, 0.717) is 0 Å². The molecule has 74 valence electrons. The van der Waals surface area contributed by atoms with Crippen molar-refractivity contribution in [3.8, 4) is 0 Å². The van der Waals surface area contributed by atoms with Gasteiger partial charge in [0.25, 0.3) is 10.1 Å². The minimum atomic E-state index is -4.84. The fourth-order valence-corrected chi connectivity index (χ4v) is 1.09. The van der Waals surface area contributed by atoms with Crippen LogP contribution in [0.2, 0.25) is 0 Å². The number of carboxylic acids is 2. The zero-order valence-electron chi connectivity index (χ0n) is 6.17. The van der Waals surface area contributed by atoms with Gasteiger partial charge in [0.1, 0.15) is 0 Å². The quantitative estimate of drug-likeness (QED) is 0.389. The van der Waals surface area contributed by atoms with Gasteiger partial charge in [0.2, 0.25) is 0 Å². The topological polar surface area (TPSA) is 129 Å². The van der Waals surface area contributed by atoms with E-state index < -0.39 is 33.7 Å². The maximum Gasteiger partial charge on any atom is 0.325 e. The van der Waals surface area contributed by atoms with Gasteiger partial charge >= 0.3 is 11.9 Å². The lowest BCUT2D eigenvalue weighted by molar-refractivity contribution is -0.143. The first-order chi connectivity index (χ1) is 5.25. The van der Waals surface area contributed by atoms with E-state index >= 15 is 0 Å². The van der Waals surface area contributed by atoms with Gasteiger partial charge in [0.15, 0.2) is 5.25 Å². The summed E-state index contributed by atoms with van der Waals surface area (Å²) in [4.78, 5) is 20.0. The lowest BCUT2D eigenvalue weighted by Gasteiger charge is -2.04. The highest BCUT2D eigenvalue weighted by molar-refractivity contribution is 7.87. The van der Waals surface area contributed by atoms with Crippen molar-refractivity contribution < 1.29 is 32.8 Å². The highest BCUT2D eigenvalue weighted by Crippen LogP contribution is 2.04. The van der Waals surface area contributed by atoms with Gasteiger partial charge in [-0.3, -0.25) is 14.1 Å². The van der Waals surface area contributed by atoms with Crippen molar-refractivity contribution in [2.75, 3.05) is 0 Å². The third-order valence-electron chi connectivity index (χ3n) is 0.995. The summed E-state index contributed by atoms with van der Waals surface area (Å²) < 4.78 is 28.7. The number of carboxylic acid groups (broad SMARTS) is 2. The summed E-state index contributed by atoms with van der Waals surface area (Å²) in [6.07, 6.45) is -1.16. The molecule has 9 heteroatoms. The largest absolute Gasteiger partial charge is 0.481 e. The summed E-state index contributed by atoms with van der Waals surface area (Å²) >= 11 is 0. The Kier molecular flexibility index (Phi) is 5.54. The van der Waals surface area contributed by atoms with Gasteiger partial charge in [-0.1, -0.05) is 0 Å². The molecule has 0 rings (SSSR count). The number of carbonyl (C=O) groups is 2. The normalized spacial score (nSPS) is 12.7. The molecule has 0 fully saturated rings. The highest BCUT2D eigenvalue weighted by Gasteiger charge is 2.33. The van der Waals surface area contributed by atoms with Crippen LogP contribution in [-0.4, -0.2) is 51.3 Å². The van der Waals surface area contributed by atoms with Crippen molar-refractivity contribution in [1.82, 2.24) is 0 Å². The van der Waals surface area contributed by atoms with Crippen LogP contribution in [0, 0.1) is 0 Å². The first-order valence-corrected chi connectivity index (χ1v) is 4.16. The average molecular weight is 226 g/mol. The van der Waals surface area contributed by atoms with E-state index in [1.54, 1.807) is 0 Å². The third-order valence-corrected chi connectivity index (χ3v) is 2.08. The van der Waals surface area contributed by atoms with Gasteiger partial charge in [-0.25, -0.2) is 0 Å². The van der Waals surface area contributed by atoms with Crippen LogP contribution < -0.4 is 0 Å². The number of hydrogen-bond acceptors (Lipinski definition) is 4. The maximum atomic E-state index is 10.2. The minimum absolute atomic E-state index is 0. The van der Waals surface area contributed by atoms with Crippen LogP contribution in [0.25, 0.3) is 0 Å². The fraction of sp³-hybridized carbons (Fsp3) is 0.500. The van der Waals surface area contributed by atoms with Gasteiger partial charge < -0.3 is 10.2 Å². The van der Waals surface area contributed by atoms with Gasteiger partial charge in [0.05, 0.1) is 6.42 Å². The van der Waals surface area contributed by atoms with Gasteiger partial charge in [0, 0.05) is 11.0 Å². The van der Waals surface area contributed by atoms with Gasteiger partial charge in [-0.05, 0) is 0 Å². The summed E-state index contributed by atoms with van der Waals surface area (Å²) in [5.41, 5.74) is 0. The molecule has 4 radical (unpaired) electrons. The third kappa shape index (κ3) is 5.33. The van der Waals surface area contributed by atoms with E-state index in [-0.39, 0.29) is 11.0 Å². The van der Waals surface area contributed by atoms with Gasteiger partial charge in [-0.2, -0.15) is 8.42 Å². The molecule has 0 heterocycles. The molecule has 0 aromatic heterocycles. The number of rotatable bonds is 4. The second-order valence-electron chi connectivity index (χ2n) is 1.94. The molecule has 0 aliphatic rings. The van der Waals surface area contributed by atoms with Crippen LogP contribution in [0.5, 0.6) is 0 Å². The molecule has 1 unspecified atom stereocenters. The average Bonchev–Trinajstić information content (AvgIpc) is 1.79. The number of aliphatic carboxylic acids is 2. The predicted octanol–water partition coefficient (Wildman–Crippen LogP) is -1.58. The van der Waals surface area contributed by atoms with Crippen molar-refractivity contribution in [3.05, 3.63) is 0 Å². The highest BCUT2D eigenvalue weighted by atomic mass is 32.2. The van der Waals surface area contributed by atoms with Crippen molar-refractivity contribution in [1.29, 1.82) is 0 Å². The smallest absolute Gasteiger partial charge is 0.325 e. The minimum Gasteiger partial charge on any atom is -0.481 e. The van der Waals surface area contributed by atoms with Crippen LogP contribution in [0.3, 0.4) is 0 Å². The van der Waals surface area contributed by atoms with Crippen molar-refractivity contribution in [3.63, 3.8) is 0 Å². The molecule has 1 atom stereocenters. The van der Waals surface area contributed by atoms with E-state index in [2.05, 4.69) is 0 Å². The maximum absolute atomic E-state index is 10.2. The monoisotopic (exact) mass is 226 g/mol. The summed E-state index contributed by atoms with van der Waals surface area (Å²) in [5.74, 6) is -3.50. The molecule has 0 spiro atoms. The van der Waals surface area contributed by atoms with Crippen molar-refractivity contribution >= 4 is 33.0 Å². The van der Waals surface area contributed by atoms with Crippen LogP contribution in [-0.2, 0) is 19.7 Å². The molecule has 3 N–H and O–H groups in total. The molecule has 0 aliphatic heterocycles. The first-order valence-electron chi connectivity index (χ1n) is 2.66. The zero-order chi connectivity index (χ0) is 9.94. The van der Waals surface area contributed by atoms with Crippen LogP contribution in [0.15, 0.2) is 0 Å². The number of hydrogen-bond donors (Lipinski definition) is 3. The Morgan fingerprint density at radius 3 is 1.69 bits per heavy atom. The molecular weight excluding hydrogens is 220 g/mol. The second-order valence-corrected chi connectivity index (χ2v) is 3.54. The summed E-state index contributed by atoms with van der Waals surface area (Å²) in [6, 6.07) is 0. The Balaban J connectivity index is 0. The molecule has 7 nitrogen and oxygen atoms in total. The molecule has 0 saturated heterocycles. The second kappa shape index (κ2) is 4.94. The standard InChI is InChI=1S/C4H6O7S.Si/c5-3(6)1-2(4(7)8)12(9,10)11;/h2H,1H2,(H,5,6)(H,7,8)(H,9,10,11);. The first kappa shape index (κ1) is 14.6. The van der Waals surface area contributed by atoms with Crippen molar-refractivity contribution in [2.45, 2.75) is 11.7 Å². The van der Waals surface area contributed by atoms with E-state index in [1.165, 1.54) is 0 Å². The molecule has 0 aromatic carbocycles. The Bertz CT molecular complexity index is 294. The van der Waals surface area contributed by atoms with Crippen molar-refractivity contribution in [2.24, 2.45) is 0 Å². The molecule has 0 saturated carbocycles. The molecular formula is C4H6O7SSi. The van der Waals surface area contributed by atoms with Crippen LogP contribution >= 0.6 is 0 Å². The summed E-state index contributed by atoms with van der Waals surface area (Å²) in [5, 5.41) is 13.9. The zero-order valence-corrected chi connectivity index (χ0v) is 7.98. The molecule has 0 amide bonds. The van der Waals surface area contributed by atoms with Crippen LogP contribution in [0.1, 0.15) is 6.42 Å². The molecule has 0 aromatic rings. The molecule has 0 aliphatic carbocycles. The Morgan fingerprint density at radius 1 is 1.23 bits per heavy atom. The molecule has 0 bridgehead atoms. The predicted molar refractivity (Wildman–Crippen MR) is 41.0 cm³/mol. The Morgan fingerprint density at radius 2 is 1.62 bits per heavy atom. The summed E-state index contributed by atoms with van der Waals surface area (Å²) in [7, 11) is -4.84. The lowest BCUT2D eigenvalue weighted by atomic mass is 10.3. The fourth-order valence-electron chi connectivity index (χ4n) is 0.479. The van der Waals surface area contributed by atoms with E-state index in [9.17, 15) is 18.0 Å². The van der Waals surface area contributed by atoms with E-state index in [1.807, 2.05) is 0 Å². The van der Waals surface area contributed by atoms with E-state index in [0.717, 1.165) is 0 Å².